The molecule has 2 aliphatic rings. The van der Waals surface area contributed by atoms with Gasteiger partial charge in [-0.1, -0.05) is 47.4 Å². The highest BCUT2D eigenvalue weighted by Crippen LogP contribution is 2.23. The van der Waals surface area contributed by atoms with Crippen molar-refractivity contribution in [2.24, 2.45) is 5.92 Å². The molecule has 1 aromatic rings. The van der Waals surface area contributed by atoms with E-state index in [1.54, 1.807) is 29.2 Å². The number of nitrogens with one attached hydrogen (secondary N) is 2. The predicted molar refractivity (Wildman–Crippen MR) is 105 cm³/mol. The summed E-state index contributed by atoms with van der Waals surface area (Å²) in [6.07, 6.45) is 0. The van der Waals surface area contributed by atoms with Gasteiger partial charge in [0, 0.05) is 42.8 Å². The Kier molecular flexibility index (Phi) is 6.22. The Labute approximate surface area is 167 Å². The number of carbonyl (C=O) groups excluding carboxylic acids is 2. The number of hydrazine groups is 1. The second-order valence-corrected chi connectivity index (χ2v) is 8.60. The van der Waals surface area contributed by atoms with E-state index >= 15 is 0 Å². The average molecular weight is 444 g/mol. The average Bonchev–Trinajstić information content (AvgIpc) is 3.02. The number of hydrogen-bond donors (Lipinski definition) is 2. The molecule has 0 aliphatic carbocycles. The molecule has 26 heavy (non-hydrogen) atoms. The van der Waals surface area contributed by atoms with Crippen molar-refractivity contribution in [2.75, 3.05) is 26.2 Å². The molecule has 2 aliphatic heterocycles. The lowest BCUT2D eigenvalue weighted by Gasteiger charge is -2.36. The highest BCUT2D eigenvalue weighted by molar-refractivity contribution is 9.09. The first-order valence-corrected chi connectivity index (χ1v) is 10.2. The number of alkyl halides is 1. The highest BCUT2D eigenvalue weighted by atomic mass is 79.9. The molecule has 0 saturated carbocycles. The Morgan fingerprint density at radius 2 is 1.81 bits per heavy atom. The van der Waals surface area contributed by atoms with Gasteiger partial charge < -0.3 is 9.80 Å². The van der Waals surface area contributed by atoms with Crippen molar-refractivity contribution in [3.05, 3.63) is 34.9 Å². The molecule has 8 heteroatoms. The second-order valence-electron chi connectivity index (χ2n) is 7.11. The molecule has 3 rings (SSSR count). The van der Waals surface area contributed by atoms with Crippen molar-refractivity contribution in [3.63, 3.8) is 0 Å². The van der Waals surface area contributed by atoms with E-state index in [1.165, 1.54) is 0 Å². The van der Waals surface area contributed by atoms with Crippen LogP contribution in [0.5, 0.6) is 0 Å². The van der Waals surface area contributed by atoms with E-state index in [4.69, 9.17) is 11.6 Å². The molecule has 3 atom stereocenters. The summed E-state index contributed by atoms with van der Waals surface area (Å²) >= 11 is 9.63. The maximum Gasteiger partial charge on any atom is 0.254 e. The van der Waals surface area contributed by atoms with Gasteiger partial charge in [-0.2, -0.15) is 0 Å². The SMILES string of the molecule is CC(C)C1NNC(C(=O)N2CCN(C(=O)c3cccc(Cl)c3)CC2)C1Br. The van der Waals surface area contributed by atoms with Crippen molar-refractivity contribution in [1.82, 2.24) is 20.7 Å². The minimum atomic E-state index is -0.294. The lowest BCUT2D eigenvalue weighted by Crippen LogP contribution is -2.56. The van der Waals surface area contributed by atoms with Gasteiger partial charge in [0.05, 0.1) is 4.83 Å². The third kappa shape index (κ3) is 4.06. The number of rotatable bonds is 3. The first kappa shape index (κ1) is 19.6. The van der Waals surface area contributed by atoms with Crippen molar-refractivity contribution >= 4 is 39.3 Å². The van der Waals surface area contributed by atoms with E-state index in [-0.39, 0.29) is 28.7 Å². The van der Waals surface area contributed by atoms with Crippen LogP contribution in [0.2, 0.25) is 5.02 Å². The number of carbonyl (C=O) groups is 2. The van der Waals surface area contributed by atoms with Crippen LogP contribution in [0.4, 0.5) is 0 Å². The Morgan fingerprint density at radius 3 is 2.38 bits per heavy atom. The largest absolute Gasteiger partial charge is 0.338 e. The summed E-state index contributed by atoms with van der Waals surface area (Å²) in [7, 11) is 0. The maximum atomic E-state index is 12.8. The molecule has 1 aromatic carbocycles. The van der Waals surface area contributed by atoms with E-state index in [0.717, 1.165) is 0 Å². The summed E-state index contributed by atoms with van der Waals surface area (Å²) < 4.78 is 0. The zero-order chi connectivity index (χ0) is 18.8. The van der Waals surface area contributed by atoms with E-state index in [2.05, 4.69) is 40.6 Å². The highest BCUT2D eigenvalue weighted by Gasteiger charge is 2.42. The molecule has 2 amide bonds. The lowest BCUT2D eigenvalue weighted by molar-refractivity contribution is -0.134. The van der Waals surface area contributed by atoms with Gasteiger partial charge in [-0.3, -0.25) is 15.0 Å². The van der Waals surface area contributed by atoms with Crippen LogP contribution < -0.4 is 10.9 Å². The maximum absolute atomic E-state index is 12.8. The van der Waals surface area contributed by atoms with Crippen LogP contribution in [0, 0.1) is 5.92 Å². The van der Waals surface area contributed by atoms with Crippen LogP contribution >= 0.6 is 27.5 Å². The minimum absolute atomic E-state index is 0.0427. The van der Waals surface area contributed by atoms with E-state index < -0.39 is 0 Å². The molecule has 0 radical (unpaired) electrons. The Hall–Kier alpha value is -1.15. The molecular weight excluding hydrogens is 420 g/mol. The molecule has 0 spiro atoms. The first-order chi connectivity index (χ1) is 12.4. The number of halogens is 2. The van der Waals surface area contributed by atoms with Crippen LogP contribution in [0.3, 0.4) is 0 Å². The molecule has 3 unspecified atom stereocenters. The topological polar surface area (TPSA) is 64.7 Å². The van der Waals surface area contributed by atoms with Gasteiger partial charge in [-0.05, 0) is 24.1 Å². The van der Waals surface area contributed by atoms with Gasteiger partial charge in [0.1, 0.15) is 6.04 Å². The smallest absolute Gasteiger partial charge is 0.254 e. The van der Waals surface area contributed by atoms with Crippen LogP contribution in [-0.2, 0) is 4.79 Å². The third-order valence-corrected chi connectivity index (χ3v) is 6.33. The first-order valence-electron chi connectivity index (χ1n) is 8.87. The Bertz CT molecular complexity index is 679. The molecule has 2 saturated heterocycles. The third-order valence-electron chi connectivity index (χ3n) is 5.00. The zero-order valence-corrected chi connectivity index (χ0v) is 17.3. The fourth-order valence-corrected chi connectivity index (χ4v) is 4.71. The molecule has 2 heterocycles. The predicted octanol–water partition coefficient (Wildman–Crippen LogP) is 1.89. The van der Waals surface area contributed by atoms with E-state index in [9.17, 15) is 9.59 Å². The number of benzene rings is 1. The molecule has 0 aromatic heterocycles. The van der Waals surface area contributed by atoms with Gasteiger partial charge >= 0.3 is 0 Å². The fraction of sp³-hybridized carbons (Fsp3) is 0.556. The number of nitrogens with zero attached hydrogens (tertiary/aromatic N) is 2. The molecule has 142 valence electrons. The summed E-state index contributed by atoms with van der Waals surface area (Å²) in [5.74, 6) is 0.438. The summed E-state index contributed by atoms with van der Waals surface area (Å²) in [6.45, 7) is 6.38. The van der Waals surface area contributed by atoms with Crippen molar-refractivity contribution in [2.45, 2.75) is 30.8 Å². The molecule has 6 nitrogen and oxygen atoms in total. The van der Waals surface area contributed by atoms with Gasteiger partial charge in [0.2, 0.25) is 5.91 Å². The summed E-state index contributed by atoms with van der Waals surface area (Å²) in [6, 6.07) is 6.87. The number of hydrogen-bond acceptors (Lipinski definition) is 4. The van der Waals surface area contributed by atoms with Gasteiger partial charge in [0.15, 0.2) is 0 Å². The van der Waals surface area contributed by atoms with E-state index in [0.29, 0.717) is 42.7 Å². The van der Waals surface area contributed by atoms with Crippen molar-refractivity contribution in [3.8, 4) is 0 Å². The van der Waals surface area contributed by atoms with Crippen LogP contribution in [-0.4, -0.2) is 64.7 Å². The molecule has 2 fully saturated rings. The fourth-order valence-electron chi connectivity index (χ4n) is 3.42. The number of piperazine rings is 1. The van der Waals surface area contributed by atoms with E-state index in [1.807, 2.05) is 4.90 Å². The number of amides is 2. The van der Waals surface area contributed by atoms with Gasteiger partial charge in [-0.15, -0.1) is 0 Å². The monoisotopic (exact) mass is 442 g/mol. The van der Waals surface area contributed by atoms with Gasteiger partial charge in [-0.25, -0.2) is 5.43 Å². The Morgan fingerprint density at radius 1 is 1.15 bits per heavy atom. The molecular formula is C18H24BrClN4O2. The summed E-state index contributed by atoms with van der Waals surface area (Å²) in [4.78, 5) is 29.1. The lowest BCUT2D eigenvalue weighted by atomic mass is 9.99. The van der Waals surface area contributed by atoms with Crippen LogP contribution in [0.1, 0.15) is 24.2 Å². The standard InChI is InChI=1S/C18H24BrClN4O2/c1-11(2)15-14(19)16(22-21-15)18(26)24-8-6-23(7-9-24)17(25)12-4-3-5-13(20)10-12/h3-5,10-11,14-16,21-22H,6-9H2,1-2H3. The Balaban J connectivity index is 1.57. The summed E-state index contributed by atoms with van der Waals surface area (Å²) in [5, 5.41) is 0.549. The van der Waals surface area contributed by atoms with Crippen molar-refractivity contribution < 1.29 is 9.59 Å². The summed E-state index contributed by atoms with van der Waals surface area (Å²) in [5.41, 5.74) is 6.91. The zero-order valence-electron chi connectivity index (χ0n) is 14.9. The van der Waals surface area contributed by atoms with Crippen LogP contribution in [0.15, 0.2) is 24.3 Å². The quantitative estimate of drug-likeness (QED) is 0.700. The van der Waals surface area contributed by atoms with Gasteiger partial charge in [0.25, 0.3) is 5.91 Å². The molecule has 2 N–H and O–H groups in total. The minimum Gasteiger partial charge on any atom is -0.338 e. The van der Waals surface area contributed by atoms with Crippen molar-refractivity contribution in [1.29, 1.82) is 0 Å². The normalized spacial score (nSPS) is 26.4. The second kappa shape index (κ2) is 8.25. The van der Waals surface area contributed by atoms with Crippen LogP contribution in [0.25, 0.3) is 0 Å². The molecule has 0 bridgehead atoms.